The number of hydrogen-bond donors (Lipinski definition) is 2. The molecule has 2 N–H and O–H groups in total. The predicted molar refractivity (Wildman–Crippen MR) is 86.0 cm³/mol. The third-order valence-electron chi connectivity index (χ3n) is 3.40. The Labute approximate surface area is 126 Å². The molecular formula is C16H12N4S. The molecule has 0 saturated heterocycles. The SMILES string of the molecule is S=c1[nH]c2c(-c3ccccc3)nn(-c3ccccc3)c2[nH]1. The van der Waals surface area contributed by atoms with Gasteiger partial charge in [0.25, 0.3) is 0 Å². The number of fused-ring (bicyclic) bond motifs is 1. The van der Waals surface area contributed by atoms with E-state index in [0.29, 0.717) is 4.77 Å². The van der Waals surface area contributed by atoms with Crippen LogP contribution in [0.25, 0.3) is 28.1 Å². The molecule has 0 radical (unpaired) electrons. The van der Waals surface area contributed by atoms with Gasteiger partial charge in [-0.15, -0.1) is 0 Å². The molecule has 0 aliphatic rings. The second-order valence-electron chi connectivity index (χ2n) is 4.76. The monoisotopic (exact) mass is 292 g/mol. The Bertz CT molecular complexity index is 873. The van der Waals surface area contributed by atoms with Crippen molar-refractivity contribution in [1.29, 1.82) is 0 Å². The van der Waals surface area contributed by atoms with Crippen molar-refractivity contribution in [3.05, 3.63) is 65.4 Å². The van der Waals surface area contributed by atoms with E-state index in [1.807, 2.05) is 65.3 Å². The van der Waals surface area contributed by atoms with Gasteiger partial charge in [-0.25, -0.2) is 4.68 Å². The van der Waals surface area contributed by atoms with Crippen LogP contribution in [0.1, 0.15) is 0 Å². The van der Waals surface area contributed by atoms with Crippen LogP contribution in [0.2, 0.25) is 0 Å². The number of nitrogens with one attached hydrogen (secondary N) is 2. The zero-order valence-corrected chi connectivity index (χ0v) is 11.9. The molecule has 102 valence electrons. The lowest BCUT2D eigenvalue weighted by Gasteiger charge is -2.01. The summed E-state index contributed by atoms with van der Waals surface area (Å²) in [7, 11) is 0. The van der Waals surface area contributed by atoms with Crippen molar-refractivity contribution in [1.82, 2.24) is 19.7 Å². The van der Waals surface area contributed by atoms with Crippen molar-refractivity contribution in [2.45, 2.75) is 0 Å². The molecule has 4 nitrogen and oxygen atoms in total. The van der Waals surface area contributed by atoms with Crippen LogP contribution in [-0.2, 0) is 0 Å². The highest BCUT2D eigenvalue weighted by Gasteiger charge is 2.15. The van der Waals surface area contributed by atoms with E-state index in [1.54, 1.807) is 0 Å². The molecule has 0 aliphatic carbocycles. The number of aromatic amines is 2. The van der Waals surface area contributed by atoms with Gasteiger partial charge in [0.1, 0.15) is 11.2 Å². The summed E-state index contributed by atoms with van der Waals surface area (Å²) in [6, 6.07) is 20.1. The number of aromatic nitrogens is 4. The van der Waals surface area contributed by atoms with E-state index in [-0.39, 0.29) is 0 Å². The molecule has 4 aromatic rings. The minimum absolute atomic E-state index is 0.601. The molecule has 2 heterocycles. The molecule has 0 spiro atoms. The van der Waals surface area contributed by atoms with Crippen molar-refractivity contribution < 1.29 is 0 Å². The standard InChI is InChI=1S/C16H12N4S/c21-16-17-14-13(11-7-3-1-4-8-11)19-20(15(14)18-16)12-9-5-2-6-10-12/h1-10H,(H2,17,18,21). The Kier molecular flexibility index (Phi) is 2.72. The van der Waals surface area contributed by atoms with Crippen LogP contribution >= 0.6 is 12.2 Å². The predicted octanol–water partition coefficient (Wildman–Crippen LogP) is 4.08. The van der Waals surface area contributed by atoms with Crippen LogP contribution in [0.5, 0.6) is 0 Å². The fourth-order valence-corrected chi connectivity index (χ4v) is 2.66. The normalized spacial score (nSPS) is 11.0. The average Bonchev–Trinajstić information content (AvgIpc) is 3.06. The van der Waals surface area contributed by atoms with Gasteiger partial charge in [-0.3, -0.25) is 0 Å². The number of H-pyrrole nitrogens is 2. The molecule has 0 unspecified atom stereocenters. The number of rotatable bonds is 2. The quantitative estimate of drug-likeness (QED) is 0.547. The van der Waals surface area contributed by atoms with E-state index in [4.69, 9.17) is 17.3 Å². The maximum absolute atomic E-state index is 5.23. The highest BCUT2D eigenvalue weighted by atomic mass is 32.1. The molecule has 0 fully saturated rings. The Morgan fingerprint density at radius 3 is 2.24 bits per heavy atom. The Morgan fingerprint density at radius 1 is 0.857 bits per heavy atom. The molecule has 2 aromatic carbocycles. The summed E-state index contributed by atoms with van der Waals surface area (Å²) in [6.45, 7) is 0. The fourth-order valence-electron chi connectivity index (χ4n) is 2.46. The molecular weight excluding hydrogens is 280 g/mol. The van der Waals surface area contributed by atoms with Gasteiger partial charge in [-0.05, 0) is 24.4 Å². The van der Waals surface area contributed by atoms with Crippen molar-refractivity contribution in [2.75, 3.05) is 0 Å². The maximum atomic E-state index is 5.23. The summed E-state index contributed by atoms with van der Waals surface area (Å²) in [5.74, 6) is 0. The molecule has 21 heavy (non-hydrogen) atoms. The van der Waals surface area contributed by atoms with E-state index < -0.39 is 0 Å². The lowest BCUT2D eigenvalue weighted by molar-refractivity contribution is 0.899. The Hall–Kier alpha value is -2.66. The number of nitrogens with zero attached hydrogens (tertiary/aromatic N) is 2. The van der Waals surface area contributed by atoms with E-state index in [2.05, 4.69) is 9.97 Å². The number of hydrogen-bond acceptors (Lipinski definition) is 2. The first-order chi connectivity index (χ1) is 10.3. The first kappa shape index (κ1) is 12.1. The smallest absolute Gasteiger partial charge is 0.176 e. The van der Waals surface area contributed by atoms with Gasteiger partial charge in [-0.2, -0.15) is 5.10 Å². The van der Waals surface area contributed by atoms with E-state index in [1.165, 1.54) is 0 Å². The summed E-state index contributed by atoms with van der Waals surface area (Å²) in [4.78, 5) is 6.37. The molecule has 0 atom stereocenters. The van der Waals surface area contributed by atoms with Crippen molar-refractivity contribution in [3.63, 3.8) is 0 Å². The molecule has 0 amide bonds. The van der Waals surface area contributed by atoms with Gasteiger partial charge in [0, 0.05) is 5.56 Å². The highest BCUT2D eigenvalue weighted by Crippen LogP contribution is 2.27. The van der Waals surface area contributed by atoms with E-state index >= 15 is 0 Å². The summed E-state index contributed by atoms with van der Waals surface area (Å²) < 4.78 is 2.48. The lowest BCUT2D eigenvalue weighted by atomic mass is 10.1. The topological polar surface area (TPSA) is 49.4 Å². The van der Waals surface area contributed by atoms with E-state index in [0.717, 1.165) is 28.1 Å². The van der Waals surface area contributed by atoms with Crippen molar-refractivity contribution in [3.8, 4) is 16.9 Å². The fraction of sp³-hybridized carbons (Fsp3) is 0. The zero-order valence-electron chi connectivity index (χ0n) is 11.1. The van der Waals surface area contributed by atoms with Crippen LogP contribution in [0.15, 0.2) is 60.7 Å². The van der Waals surface area contributed by atoms with Gasteiger partial charge in [-0.1, -0.05) is 48.5 Å². The third kappa shape index (κ3) is 1.98. The second-order valence-corrected chi connectivity index (χ2v) is 5.17. The first-order valence-electron chi connectivity index (χ1n) is 6.65. The first-order valence-corrected chi connectivity index (χ1v) is 7.05. The molecule has 5 heteroatoms. The zero-order chi connectivity index (χ0) is 14.2. The highest BCUT2D eigenvalue weighted by molar-refractivity contribution is 7.71. The largest absolute Gasteiger partial charge is 0.328 e. The Balaban J connectivity index is 2.04. The second kappa shape index (κ2) is 4.71. The summed E-state index contributed by atoms with van der Waals surface area (Å²) >= 11 is 5.23. The summed E-state index contributed by atoms with van der Waals surface area (Å²) in [5, 5.41) is 4.74. The summed E-state index contributed by atoms with van der Waals surface area (Å²) in [5.41, 5.74) is 4.75. The average molecular weight is 292 g/mol. The van der Waals surface area contributed by atoms with Crippen molar-refractivity contribution in [2.24, 2.45) is 0 Å². The van der Waals surface area contributed by atoms with Gasteiger partial charge in [0.15, 0.2) is 10.4 Å². The van der Waals surface area contributed by atoms with Crippen LogP contribution in [-0.4, -0.2) is 19.7 Å². The van der Waals surface area contributed by atoms with E-state index in [9.17, 15) is 0 Å². The van der Waals surface area contributed by atoms with Gasteiger partial charge in [0.2, 0.25) is 0 Å². The molecule has 0 aliphatic heterocycles. The maximum Gasteiger partial charge on any atom is 0.176 e. The Morgan fingerprint density at radius 2 is 1.52 bits per heavy atom. The van der Waals surface area contributed by atoms with Crippen molar-refractivity contribution >= 4 is 23.4 Å². The van der Waals surface area contributed by atoms with Gasteiger partial charge >= 0.3 is 0 Å². The number of imidazole rings is 1. The van der Waals surface area contributed by atoms with Crippen LogP contribution in [0, 0.1) is 4.77 Å². The number of para-hydroxylation sites is 1. The molecule has 0 saturated carbocycles. The van der Waals surface area contributed by atoms with Gasteiger partial charge < -0.3 is 9.97 Å². The lowest BCUT2D eigenvalue weighted by Crippen LogP contribution is -1.96. The van der Waals surface area contributed by atoms with Crippen LogP contribution < -0.4 is 0 Å². The minimum Gasteiger partial charge on any atom is -0.328 e. The van der Waals surface area contributed by atoms with Gasteiger partial charge in [0.05, 0.1) is 5.69 Å². The van der Waals surface area contributed by atoms with Crippen LogP contribution in [0.3, 0.4) is 0 Å². The molecule has 4 rings (SSSR count). The number of benzene rings is 2. The van der Waals surface area contributed by atoms with Crippen LogP contribution in [0.4, 0.5) is 0 Å². The third-order valence-corrected chi connectivity index (χ3v) is 3.61. The molecule has 2 aromatic heterocycles. The molecule has 0 bridgehead atoms. The minimum atomic E-state index is 0.601. The summed E-state index contributed by atoms with van der Waals surface area (Å²) in [6.07, 6.45) is 0.